The van der Waals surface area contributed by atoms with E-state index >= 15 is 0 Å². The van der Waals surface area contributed by atoms with E-state index in [0.29, 0.717) is 18.3 Å². The minimum Gasteiger partial charge on any atom is -0.497 e. The number of rotatable bonds is 5. The van der Waals surface area contributed by atoms with Crippen LogP contribution in [0.2, 0.25) is 0 Å². The van der Waals surface area contributed by atoms with Gasteiger partial charge in [0.15, 0.2) is 0 Å². The summed E-state index contributed by atoms with van der Waals surface area (Å²) in [6.45, 7) is 2.25. The van der Waals surface area contributed by atoms with Gasteiger partial charge in [0.25, 0.3) is 0 Å². The molecule has 5 nitrogen and oxygen atoms in total. The summed E-state index contributed by atoms with van der Waals surface area (Å²) in [5, 5.41) is 3.89. The fourth-order valence-corrected chi connectivity index (χ4v) is 2.05. The first-order valence-electron chi connectivity index (χ1n) is 6.91. The first-order chi connectivity index (χ1) is 10.7. The van der Waals surface area contributed by atoms with Gasteiger partial charge in [0, 0.05) is 12.5 Å². The van der Waals surface area contributed by atoms with Crippen molar-refractivity contribution in [1.82, 2.24) is 10.1 Å². The van der Waals surface area contributed by atoms with E-state index in [1.54, 1.807) is 14.0 Å². The van der Waals surface area contributed by atoms with Crippen LogP contribution in [0, 0.1) is 6.92 Å². The zero-order valence-corrected chi connectivity index (χ0v) is 12.4. The molecule has 0 atom stereocenters. The SMILES string of the molecule is COc1cccc(COc2ccc(-c3noc(C)n3)cc2)c1. The number of methoxy groups -OCH3 is 1. The van der Waals surface area contributed by atoms with Crippen molar-refractivity contribution in [2.75, 3.05) is 7.11 Å². The Morgan fingerprint density at radius 2 is 1.86 bits per heavy atom. The molecule has 1 aromatic heterocycles. The summed E-state index contributed by atoms with van der Waals surface area (Å²) in [5.41, 5.74) is 1.95. The average molecular weight is 296 g/mol. The Labute approximate surface area is 128 Å². The fraction of sp³-hybridized carbons (Fsp3) is 0.176. The largest absolute Gasteiger partial charge is 0.497 e. The van der Waals surface area contributed by atoms with E-state index in [1.807, 2.05) is 48.5 Å². The summed E-state index contributed by atoms with van der Waals surface area (Å²) in [7, 11) is 1.65. The maximum absolute atomic E-state index is 5.77. The summed E-state index contributed by atoms with van der Waals surface area (Å²) < 4.78 is 15.9. The van der Waals surface area contributed by atoms with Crippen molar-refractivity contribution in [3.8, 4) is 22.9 Å². The van der Waals surface area contributed by atoms with Gasteiger partial charge in [-0.3, -0.25) is 0 Å². The second-order valence-electron chi connectivity index (χ2n) is 4.80. The maximum Gasteiger partial charge on any atom is 0.223 e. The van der Waals surface area contributed by atoms with E-state index in [4.69, 9.17) is 14.0 Å². The molecule has 0 saturated carbocycles. The molecule has 0 saturated heterocycles. The zero-order chi connectivity index (χ0) is 15.4. The minimum atomic E-state index is 0.484. The van der Waals surface area contributed by atoms with Crippen molar-refractivity contribution in [3.63, 3.8) is 0 Å². The van der Waals surface area contributed by atoms with Crippen LogP contribution in [-0.4, -0.2) is 17.3 Å². The molecule has 1 heterocycles. The van der Waals surface area contributed by atoms with E-state index < -0.39 is 0 Å². The van der Waals surface area contributed by atoms with Crippen molar-refractivity contribution in [1.29, 1.82) is 0 Å². The molecule has 0 aliphatic heterocycles. The molecule has 5 heteroatoms. The molecule has 0 unspecified atom stereocenters. The highest BCUT2D eigenvalue weighted by Gasteiger charge is 2.05. The summed E-state index contributed by atoms with van der Waals surface area (Å²) in [4.78, 5) is 4.19. The van der Waals surface area contributed by atoms with Gasteiger partial charge in [-0.2, -0.15) is 4.98 Å². The van der Waals surface area contributed by atoms with E-state index in [-0.39, 0.29) is 0 Å². The molecular formula is C17H16N2O3. The third-order valence-electron chi connectivity index (χ3n) is 3.18. The van der Waals surface area contributed by atoms with Crippen molar-refractivity contribution in [2.24, 2.45) is 0 Å². The number of hydrogen-bond acceptors (Lipinski definition) is 5. The Morgan fingerprint density at radius 1 is 1.05 bits per heavy atom. The molecule has 22 heavy (non-hydrogen) atoms. The molecule has 0 aliphatic rings. The van der Waals surface area contributed by atoms with Crippen LogP contribution in [-0.2, 0) is 6.61 Å². The van der Waals surface area contributed by atoms with Gasteiger partial charge in [0.05, 0.1) is 7.11 Å². The molecule has 2 aromatic carbocycles. The first kappa shape index (κ1) is 14.1. The lowest BCUT2D eigenvalue weighted by atomic mass is 10.2. The number of nitrogens with zero attached hydrogens (tertiary/aromatic N) is 2. The number of aryl methyl sites for hydroxylation is 1. The molecule has 0 bridgehead atoms. The standard InChI is InChI=1S/C17H16N2O3/c1-12-18-17(19-22-12)14-6-8-15(9-7-14)21-11-13-4-3-5-16(10-13)20-2/h3-10H,11H2,1-2H3. The highest BCUT2D eigenvalue weighted by molar-refractivity contribution is 5.55. The summed E-state index contributed by atoms with van der Waals surface area (Å²) in [6, 6.07) is 15.4. The van der Waals surface area contributed by atoms with Gasteiger partial charge in [-0.1, -0.05) is 17.3 Å². The highest BCUT2D eigenvalue weighted by Crippen LogP contribution is 2.21. The molecule has 112 valence electrons. The van der Waals surface area contributed by atoms with E-state index in [2.05, 4.69) is 10.1 Å². The number of benzene rings is 2. The van der Waals surface area contributed by atoms with E-state index in [0.717, 1.165) is 22.6 Å². The van der Waals surface area contributed by atoms with Gasteiger partial charge in [-0.25, -0.2) is 0 Å². The van der Waals surface area contributed by atoms with Gasteiger partial charge in [-0.15, -0.1) is 0 Å². The van der Waals surface area contributed by atoms with Crippen molar-refractivity contribution in [2.45, 2.75) is 13.5 Å². The van der Waals surface area contributed by atoms with Crippen LogP contribution in [0.5, 0.6) is 11.5 Å². The lowest BCUT2D eigenvalue weighted by molar-refractivity contribution is 0.305. The normalized spacial score (nSPS) is 10.5. The Kier molecular flexibility index (Phi) is 4.05. The van der Waals surface area contributed by atoms with Crippen LogP contribution in [0.3, 0.4) is 0 Å². The van der Waals surface area contributed by atoms with Crippen LogP contribution in [0.15, 0.2) is 53.1 Å². The monoisotopic (exact) mass is 296 g/mol. The predicted molar refractivity (Wildman–Crippen MR) is 81.8 cm³/mol. The van der Waals surface area contributed by atoms with E-state index in [9.17, 15) is 0 Å². The topological polar surface area (TPSA) is 57.4 Å². The lowest BCUT2D eigenvalue weighted by Gasteiger charge is -2.08. The molecule has 0 aliphatic carbocycles. The smallest absolute Gasteiger partial charge is 0.223 e. The number of aromatic nitrogens is 2. The molecule has 0 spiro atoms. The van der Waals surface area contributed by atoms with Gasteiger partial charge >= 0.3 is 0 Å². The summed E-state index contributed by atoms with van der Waals surface area (Å²) in [6.07, 6.45) is 0. The van der Waals surface area contributed by atoms with Crippen LogP contribution < -0.4 is 9.47 Å². The molecule has 0 N–H and O–H groups in total. The van der Waals surface area contributed by atoms with Gasteiger partial charge in [0.1, 0.15) is 18.1 Å². The number of hydrogen-bond donors (Lipinski definition) is 0. The average Bonchev–Trinajstić information content (AvgIpc) is 3.00. The predicted octanol–water partition coefficient (Wildman–Crippen LogP) is 3.63. The van der Waals surface area contributed by atoms with Crippen molar-refractivity contribution in [3.05, 3.63) is 60.0 Å². The Balaban J connectivity index is 1.66. The zero-order valence-electron chi connectivity index (χ0n) is 12.4. The minimum absolute atomic E-state index is 0.484. The molecule has 0 fully saturated rings. The molecule has 0 amide bonds. The Bertz CT molecular complexity index is 751. The molecule has 3 rings (SSSR count). The Morgan fingerprint density at radius 3 is 2.55 bits per heavy atom. The maximum atomic E-state index is 5.77. The highest BCUT2D eigenvalue weighted by atomic mass is 16.5. The van der Waals surface area contributed by atoms with Crippen LogP contribution in [0.25, 0.3) is 11.4 Å². The van der Waals surface area contributed by atoms with E-state index in [1.165, 1.54) is 0 Å². The van der Waals surface area contributed by atoms with Crippen LogP contribution in [0.4, 0.5) is 0 Å². The molecule has 0 radical (unpaired) electrons. The Hall–Kier alpha value is -2.82. The van der Waals surface area contributed by atoms with Gasteiger partial charge < -0.3 is 14.0 Å². The first-order valence-corrected chi connectivity index (χ1v) is 6.91. The second-order valence-corrected chi connectivity index (χ2v) is 4.80. The van der Waals surface area contributed by atoms with Gasteiger partial charge in [0.2, 0.25) is 11.7 Å². The number of ether oxygens (including phenoxy) is 2. The fourth-order valence-electron chi connectivity index (χ4n) is 2.05. The van der Waals surface area contributed by atoms with Gasteiger partial charge in [-0.05, 0) is 42.0 Å². The lowest BCUT2D eigenvalue weighted by Crippen LogP contribution is -1.96. The second kappa shape index (κ2) is 6.30. The van der Waals surface area contributed by atoms with Crippen LogP contribution >= 0.6 is 0 Å². The molecule has 3 aromatic rings. The summed E-state index contributed by atoms with van der Waals surface area (Å²) in [5.74, 6) is 2.74. The summed E-state index contributed by atoms with van der Waals surface area (Å²) >= 11 is 0. The van der Waals surface area contributed by atoms with Crippen molar-refractivity contribution >= 4 is 0 Å². The van der Waals surface area contributed by atoms with Crippen LogP contribution in [0.1, 0.15) is 11.5 Å². The third-order valence-corrected chi connectivity index (χ3v) is 3.18. The quantitative estimate of drug-likeness (QED) is 0.719. The van der Waals surface area contributed by atoms with Crippen molar-refractivity contribution < 1.29 is 14.0 Å². The molecular weight excluding hydrogens is 280 g/mol. The third kappa shape index (κ3) is 3.25.